The number of hydrogen-bond donors (Lipinski definition) is 1. The van der Waals surface area contributed by atoms with Gasteiger partial charge in [0.1, 0.15) is 10.7 Å². The third-order valence-electron chi connectivity index (χ3n) is 2.05. The van der Waals surface area contributed by atoms with E-state index in [0.29, 0.717) is 10.8 Å². The van der Waals surface area contributed by atoms with Crippen LogP contribution in [-0.4, -0.2) is 24.6 Å². The quantitative estimate of drug-likeness (QED) is 0.765. The van der Waals surface area contributed by atoms with Crippen LogP contribution in [0.2, 0.25) is 0 Å². The van der Waals surface area contributed by atoms with E-state index in [4.69, 9.17) is 5.73 Å². The van der Waals surface area contributed by atoms with Gasteiger partial charge in [-0.25, -0.2) is 13.4 Å². The van der Waals surface area contributed by atoms with Crippen LogP contribution in [0.15, 0.2) is 29.6 Å². The summed E-state index contributed by atoms with van der Waals surface area (Å²) in [5, 5.41) is 1.21. The fraction of sp³-hybridized carbons (Fsp3) is 0.111. The molecule has 2 rings (SSSR count). The summed E-state index contributed by atoms with van der Waals surface area (Å²) in [4.78, 5) is 7.77. The van der Waals surface area contributed by atoms with Gasteiger partial charge in [0.05, 0.1) is 0 Å². The summed E-state index contributed by atoms with van der Waals surface area (Å²) in [6, 6.07) is 1.69. The molecular weight excluding hydrogens is 214 g/mol. The molecule has 78 valence electrons. The third-order valence-corrected chi connectivity index (χ3v) is 3.22. The number of hydrogen-bond acceptors (Lipinski definition) is 5. The van der Waals surface area contributed by atoms with Crippen molar-refractivity contribution in [2.45, 2.75) is 4.90 Å². The fourth-order valence-electron chi connectivity index (χ4n) is 1.43. The van der Waals surface area contributed by atoms with Crippen molar-refractivity contribution in [1.29, 1.82) is 0 Å². The summed E-state index contributed by atoms with van der Waals surface area (Å²) >= 11 is 0. The zero-order valence-corrected chi connectivity index (χ0v) is 8.82. The number of nitrogens with zero attached hydrogens (tertiary/aromatic N) is 2. The number of nitrogens with two attached hydrogens (primary N) is 1. The summed E-state index contributed by atoms with van der Waals surface area (Å²) in [6.45, 7) is 0. The van der Waals surface area contributed by atoms with Gasteiger partial charge in [-0.15, -0.1) is 0 Å². The lowest BCUT2D eigenvalue weighted by atomic mass is 10.2. The van der Waals surface area contributed by atoms with E-state index < -0.39 is 9.84 Å². The maximum atomic E-state index is 11.5. The van der Waals surface area contributed by atoms with Crippen LogP contribution in [0.25, 0.3) is 10.8 Å². The molecule has 0 unspecified atom stereocenters. The molecule has 2 aromatic heterocycles. The Labute approximate surface area is 86.9 Å². The first kappa shape index (κ1) is 9.85. The molecule has 0 aromatic carbocycles. The van der Waals surface area contributed by atoms with Gasteiger partial charge in [0.15, 0.2) is 9.84 Å². The monoisotopic (exact) mass is 223 g/mol. The summed E-state index contributed by atoms with van der Waals surface area (Å²) in [7, 11) is -3.39. The average Bonchev–Trinajstić information content (AvgIpc) is 2.15. The van der Waals surface area contributed by atoms with E-state index in [0.717, 1.165) is 6.26 Å². The molecule has 5 nitrogen and oxygen atoms in total. The molecule has 6 heteroatoms. The largest absolute Gasteiger partial charge is 0.383 e. The Bertz CT molecular complexity index is 622. The van der Waals surface area contributed by atoms with Gasteiger partial charge >= 0.3 is 0 Å². The van der Waals surface area contributed by atoms with Crippen molar-refractivity contribution in [3.63, 3.8) is 0 Å². The highest BCUT2D eigenvalue weighted by Crippen LogP contribution is 2.25. The highest BCUT2D eigenvalue weighted by molar-refractivity contribution is 7.91. The van der Waals surface area contributed by atoms with Crippen LogP contribution in [-0.2, 0) is 9.84 Å². The standard InChI is InChI=1S/C9H9N3O2S/c1-15(13,14)8-7-5-11-3-2-6(7)4-12-9(8)10/h2-5H,1H3,(H2,10,12). The molecule has 0 spiro atoms. The number of pyridine rings is 2. The normalized spacial score (nSPS) is 11.8. The molecule has 15 heavy (non-hydrogen) atoms. The SMILES string of the molecule is CS(=O)(=O)c1c(N)ncc2ccncc12. The second-order valence-corrected chi connectivity index (χ2v) is 5.16. The molecule has 0 aliphatic heterocycles. The lowest BCUT2D eigenvalue weighted by Gasteiger charge is -2.05. The van der Waals surface area contributed by atoms with Gasteiger partial charge in [0, 0.05) is 35.6 Å². The maximum absolute atomic E-state index is 11.5. The van der Waals surface area contributed by atoms with E-state index in [2.05, 4.69) is 9.97 Å². The van der Waals surface area contributed by atoms with Crippen molar-refractivity contribution in [2.24, 2.45) is 0 Å². The Balaban J connectivity index is 2.99. The summed E-state index contributed by atoms with van der Waals surface area (Å²) in [5.41, 5.74) is 5.55. The van der Waals surface area contributed by atoms with Crippen LogP contribution in [0.5, 0.6) is 0 Å². The molecule has 0 bridgehead atoms. The average molecular weight is 223 g/mol. The number of fused-ring (bicyclic) bond motifs is 1. The smallest absolute Gasteiger partial charge is 0.179 e. The Hall–Kier alpha value is -1.69. The van der Waals surface area contributed by atoms with Crippen LogP contribution < -0.4 is 5.73 Å². The zero-order chi connectivity index (χ0) is 11.1. The molecule has 0 amide bonds. The van der Waals surface area contributed by atoms with Gasteiger partial charge in [-0.1, -0.05) is 0 Å². The molecule has 0 radical (unpaired) electrons. The van der Waals surface area contributed by atoms with Crippen molar-refractivity contribution >= 4 is 26.4 Å². The van der Waals surface area contributed by atoms with E-state index in [9.17, 15) is 8.42 Å². The minimum absolute atomic E-state index is 0.0120. The van der Waals surface area contributed by atoms with E-state index in [1.165, 1.54) is 12.4 Å². The number of sulfone groups is 1. The van der Waals surface area contributed by atoms with E-state index >= 15 is 0 Å². The fourth-order valence-corrected chi connectivity index (χ4v) is 2.44. The van der Waals surface area contributed by atoms with E-state index in [1.54, 1.807) is 12.3 Å². The Morgan fingerprint density at radius 1 is 1.33 bits per heavy atom. The molecule has 0 saturated heterocycles. The Morgan fingerprint density at radius 2 is 2.07 bits per heavy atom. The predicted octanol–water partition coefficient (Wildman–Crippen LogP) is 0.615. The van der Waals surface area contributed by atoms with Crippen molar-refractivity contribution in [3.8, 4) is 0 Å². The molecule has 2 aromatic rings. The maximum Gasteiger partial charge on any atom is 0.179 e. The van der Waals surface area contributed by atoms with Gasteiger partial charge in [0.2, 0.25) is 0 Å². The molecule has 0 atom stereocenters. The van der Waals surface area contributed by atoms with Gasteiger partial charge in [-0.05, 0) is 6.07 Å². The van der Waals surface area contributed by atoms with Crippen LogP contribution >= 0.6 is 0 Å². The van der Waals surface area contributed by atoms with Crippen LogP contribution in [0.3, 0.4) is 0 Å². The van der Waals surface area contributed by atoms with Crippen molar-refractivity contribution < 1.29 is 8.42 Å². The van der Waals surface area contributed by atoms with Gasteiger partial charge in [-0.2, -0.15) is 0 Å². The number of nitrogen functional groups attached to an aromatic ring is 1. The van der Waals surface area contributed by atoms with Gasteiger partial charge in [-0.3, -0.25) is 4.98 Å². The molecule has 0 saturated carbocycles. The highest BCUT2D eigenvalue weighted by Gasteiger charge is 2.16. The number of anilines is 1. The molecule has 2 heterocycles. The highest BCUT2D eigenvalue weighted by atomic mass is 32.2. The van der Waals surface area contributed by atoms with Crippen molar-refractivity contribution in [2.75, 3.05) is 12.0 Å². The lowest BCUT2D eigenvalue weighted by molar-refractivity contribution is 0.603. The molecule has 0 aliphatic rings. The number of rotatable bonds is 1. The second-order valence-electron chi connectivity index (χ2n) is 3.21. The third kappa shape index (κ3) is 1.63. The first-order valence-corrected chi connectivity index (χ1v) is 6.07. The molecular formula is C9H9N3O2S. The van der Waals surface area contributed by atoms with E-state index in [-0.39, 0.29) is 10.7 Å². The summed E-state index contributed by atoms with van der Waals surface area (Å²) < 4.78 is 23.0. The minimum Gasteiger partial charge on any atom is -0.383 e. The predicted molar refractivity (Wildman–Crippen MR) is 57.1 cm³/mol. The Kier molecular flexibility index (Phi) is 2.08. The summed E-state index contributed by atoms with van der Waals surface area (Å²) in [6.07, 6.45) is 5.68. The van der Waals surface area contributed by atoms with Crippen molar-refractivity contribution in [1.82, 2.24) is 9.97 Å². The van der Waals surface area contributed by atoms with Gasteiger partial charge < -0.3 is 5.73 Å². The van der Waals surface area contributed by atoms with Gasteiger partial charge in [0.25, 0.3) is 0 Å². The molecule has 0 fully saturated rings. The van der Waals surface area contributed by atoms with E-state index in [1.807, 2.05) is 0 Å². The topological polar surface area (TPSA) is 85.9 Å². The molecule has 2 N–H and O–H groups in total. The minimum atomic E-state index is -3.39. The Morgan fingerprint density at radius 3 is 2.73 bits per heavy atom. The summed E-state index contributed by atoms with van der Waals surface area (Å²) in [5.74, 6) is 0.0120. The van der Waals surface area contributed by atoms with Crippen molar-refractivity contribution in [3.05, 3.63) is 24.7 Å². The second kappa shape index (κ2) is 3.16. The van der Waals surface area contributed by atoms with Crippen LogP contribution in [0.4, 0.5) is 5.82 Å². The first-order valence-electron chi connectivity index (χ1n) is 4.18. The first-order chi connectivity index (χ1) is 7.00. The van der Waals surface area contributed by atoms with Crippen LogP contribution in [0, 0.1) is 0 Å². The zero-order valence-electron chi connectivity index (χ0n) is 8.01. The molecule has 0 aliphatic carbocycles. The van der Waals surface area contributed by atoms with Crippen LogP contribution in [0.1, 0.15) is 0 Å². The lowest BCUT2D eigenvalue weighted by Crippen LogP contribution is -2.05. The number of aromatic nitrogens is 2.